The van der Waals surface area contributed by atoms with Crippen molar-refractivity contribution >= 4 is 34.3 Å². The molecule has 1 amide bonds. The van der Waals surface area contributed by atoms with Crippen LogP contribution in [-0.4, -0.2) is 27.3 Å². The second kappa shape index (κ2) is 7.49. The van der Waals surface area contributed by atoms with Gasteiger partial charge in [-0.3, -0.25) is 13.9 Å². The number of aromatic nitrogens is 2. The molecule has 2 aromatic rings. The smallest absolute Gasteiger partial charge is 0.328 e. The van der Waals surface area contributed by atoms with E-state index in [9.17, 15) is 9.59 Å². The largest absolute Gasteiger partial charge is 0.497 e. The number of rotatable bonds is 4. The number of carbonyl (C=O) groups is 1. The molecule has 0 radical (unpaired) electrons. The third-order valence-corrected chi connectivity index (χ3v) is 5.36. The lowest BCUT2D eigenvalue weighted by molar-refractivity contribution is -0.124. The minimum absolute atomic E-state index is 0.0216. The summed E-state index contributed by atoms with van der Waals surface area (Å²) in [6.45, 7) is 0.646. The molecule has 0 bridgehead atoms. The molecule has 0 atom stereocenters. The molecule has 1 aromatic heterocycles. The summed E-state index contributed by atoms with van der Waals surface area (Å²) in [6, 6.07) is 5.67. The number of nitrogens with one attached hydrogen (secondary N) is 1. The van der Waals surface area contributed by atoms with E-state index in [1.807, 2.05) is 22.8 Å². The Bertz CT molecular complexity index is 894. The molecule has 1 aliphatic rings. The average Bonchev–Trinajstić information content (AvgIpc) is 2.86. The fraction of sp³-hybridized carbons (Fsp3) is 0.500. The summed E-state index contributed by atoms with van der Waals surface area (Å²) in [5.41, 5.74) is 7.12. The number of carbonyl (C=O) groups excluding carboxylic acids is 1. The average molecular weight is 376 g/mol. The molecule has 0 spiro atoms. The van der Waals surface area contributed by atoms with Crippen LogP contribution in [0, 0.1) is 11.8 Å². The first-order chi connectivity index (χ1) is 12.4. The lowest BCUT2D eigenvalue weighted by atomic mass is 9.81. The van der Waals surface area contributed by atoms with Crippen molar-refractivity contribution in [1.29, 1.82) is 0 Å². The molecule has 1 aliphatic carbocycles. The topological polar surface area (TPSA) is 91.3 Å². The van der Waals surface area contributed by atoms with E-state index in [0.717, 1.165) is 42.5 Å². The first-order valence-electron chi connectivity index (χ1n) is 8.74. The number of ether oxygens (including phenoxy) is 1. The highest BCUT2D eigenvalue weighted by Gasteiger charge is 2.27. The molecular weight excluding hydrogens is 352 g/mol. The Morgan fingerprint density at radius 1 is 1.31 bits per heavy atom. The molecule has 1 heterocycles. The van der Waals surface area contributed by atoms with Gasteiger partial charge >= 0.3 is 5.69 Å². The maximum atomic E-state index is 12.6. The molecule has 1 aromatic carbocycles. The highest BCUT2D eigenvalue weighted by Crippen LogP contribution is 2.31. The molecule has 7 nitrogen and oxygen atoms in total. The molecule has 0 aliphatic heterocycles. The SMILES string of the molecule is COc1ccc2c(c1)n(CC1CCC(C(=O)NC(N)=S)CC1)c(=O)n2C. The van der Waals surface area contributed by atoms with Crippen LogP contribution in [0.1, 0.15) is 25.7 Å². The van der Waals surface area contributed by atoms with Crippen LogP contribution in [0.15, 0.2) is 23.0 Å². The zero-order valence-electron chi connectivity index (χ0n) is 15.0. The Morgan fingerprint density at radius 2 is 2.00 bits per heavy atom. The van der Waals surface area contributed by atoms with Crippen LogP contribution in [-0.2, 0) is 18.4 Å². The van der Waals surface area contributed by atoms with Gasteiger partial charge in [-0.2, -0.15) is 0 Å². The van der Waals surface area contributed by atoms with Crippen LogP contribution in [0.3, 0.4) is 0 Å². The minimum atomic E-state index is -0.0944. The number of methoxy groups -OCH3 is 1. The number of hydrogen-bond donors (Lipinski definition) is 2. The van der Waals surface area contributed by atoms with Gasteiger partial charge in [-0.15, -0.1) is 0 Å². The predicted molar refractivity (Wildman–Crippen MR) is 104 cm³/mol. The molecule has 0 unspecified atom stereocenters. The van der Waals surface area contributed by atoms with Crippen molar-refractivity contribution in [1.82, 2.24) is 14.5 Å². The van der Waals surface area contributed by atoms with Gasteiger partial charge in [0.2, 0.25) is 5.91 Å². The molecule has 140 valence electrons. The Kier molecular flexibility index (Phi) is 5.31. The van der Waals surface area contributed by atoms with Crippen molar-refractivity contribution in [3.8, 4) is 5.75 Å². The van der Waals surface area contributed by atoms with E-state index in [1.54, 1.807) is 18.7 Å². The molecule has 8 heteroatoms. The third kappa shape index (κ3) is 3.60. The van der Waals surface area contributed by atoms with Gasteiger partial charge in [-0.25, -0.2) is 4.79 Å². The zero-order chi connectivity index (χ0) is 18.8. The van der Waals surface area contributed by atoms with Crippen LogP contribution >= 0.6 is 12.2 Å². The van der Waals surface area contributed by atoms with Crippen LogP contribution < -0.4 is 21.5 Å². The molecule has 1 saturated carbocycles. The van der Waals surface area contributed by atoms with Gasteiger partial charge < -0.3 is 15.8 Å². The van der Waals surface area contributed by atoms with Gasteiger partial charge in [-0.1, -0.05) is 0 Å². The number of thiocarbonyl (C=S) groups is 1. The third-order valence-electron chi connectivity index (χ3n) is 5.26. The summed E-state index contributed by atoms with van der Waals surface area (Å²) < 4.78 is 8.78. The summed E-state index contributed by atoms with van der Waals surface area (Å²) in [7, 11) is 3.40. The van der Waals surface area contributed by atoms with Crippen molar-refractivity contribution in [2.24, 2.45) is 24.6 Å². The van der Waals surface area contributed by atoms with Crippen LogP contribution in [0.5, 0.6) is 5.75 Å². The van der Waals surface area contributed by atoms with Gasteiger partial charge in [0, 0.05) is 25.6 Å². The fourth-order valence-electron chi connectivity index (χ4n) is 3.78. The highest BCUT2D eigenvalue weighted by atomic mass is 32.1. The number of imidazole rings is 1. The van der Waals surface area contributed by atoms with Crippen molar-refractivity contribution in [2.45, 2.75) is 32.2 Å². The molecular formula is C18H24N4O3S. The van der Waals surface area contributed by atoms with E-state index >= 15 is 0 Å². The van der Waals surface area contributed by atoms with Gasteiger partial charge in [0.25, 0.3) is 0 Å². The van der Waals surface area contributed by atoms with E-state index in [2.05, 4.69) is 5.32 Å². The zero-order valence-corrected chi connectivity index (χ0v) is 15.8. The second-order valence-electron chi connectivity index (χ2n) is 6.88. The van der Waals surface area contributed by atoms with Crippen LogP contribution in [0.25, 0.3) is 11.0 Å². The Balaban J connectivity index is 1.74. The van der Waals surface area contributed by atoms with E-state index in [1.165, 1.54) is 0 Å². The molecule has 3 N–H and O–H groups in total. The first-order valence-corrected chi connectivity index (χ1v) is 9.15. The molecule has 26 heavy (non-hydrogen) atoms. The van der Waals surface area contributed by atoms with Crippen molar-refractivity contribution < 1.29 is 9.53 Å². The predicted octanol–water partition coefficient (Wildman–Crippen LogP) is 1.51. The Hall–Kier alpha value is -2.35. The first kappa shape index (κ1) is 18.4. The molecule has 0 saturated heterocycles. The van der Waals surface area contributed by atoms with Crippen molar-refractivity contribution in [2.75, 3.05) is 7.11 Å². The van der Waals surface area contributed by atoms with Crippen LogP contribution in [0.2, 0.25) is 0 Å². The van der Waals surface area contributed by atoms with Crippen LogP contribution in [0.4, 0.5) is 0 Å². The summed E-state index contributed by atoms with van der Waals surface area (Å²) in [4.78, 5) is 24.7. The number of nitrogens with two attached hydrogens (primary N) is 1. The highest BCUT2D eigenvalue weighted by molar-refractivity contribution is 7.80. The quantitative estimate of drug-likeness (QED) is 0.790. The van der Waals surface area contributed by atoms with Crippen molar-refractivity contribution in [3.63, 3.8) is 0 Å². The number of fused-ring (bicyclic) bond motifs is 1. The minimum Gasteiger partial charge on any atom is -0.497 e. The summed E-state index contributed by atoms with van der Waals surface area (Å²) >= 11 is 4.73. The monoisotopic (exact) mass is 376 g/mol. The number of hydrogen-bond acceptors (Lipinski definition) is 4. The number of benzene rings is 1. The lowest BCUT2D eigenvalue weighted by Gasteiger charge is -2.27. The Morgan fingerprint density at radius 3 is 2.62 bits per heavy atom. The number of aryl methyl sites for hydroxylation is 1. The van der Waals surface area contributed by atoms with E-state index in [4.69, 9.17) is 22.7 Å². The molecule has 1 fully saturated rings. The van der Waals surface area contributed by atoms with E-state index in [-0.39, 0.29) is 22.6 Å². The summed E-state index contributed by atoms with van der Waals surface area (Å²) in [5, 5.41) is 2.55. The van der Waals surface area contributed by atoms with Gasteiger partial charge in [0.05, 0.1) is 18.1 Å². The summed E-state index contributed by atoms with van der Waals surface area (Å²) in [5.74, 6) is 0.938. The molecule has 3 rings (SSSR count). The standard InChI is InChI=1S/C18H24N4O3S/c1-21-14-8-7-13(25-2)9-15(14)22(18(21)24)10-11-3-5-12(6-4-11)16(23)20-17(19)26/h7-9,11-12H,3-6,10H2,1-2H3,(H3,19,20,23,26). The van der Waals surface area contributed by atoms with Gasteiger partial charge in [-0.05, 0) is 56.0 Å². The second-order valence-corrected chi connectivity index (χ2v) is 7.32. The summed E-state index contributed by atoms with van der Waals surface area (Å²) in [6.07, 6.45) is 3.34. The van der Waals surface area contributed by atoms with E-state index < -0.39 is 0 Å². The maximum absolute atomic E-state index is 12.6. The number of amides is 1. The van der Waals surface area contributed by atoms with Gasteiger partial charge in [0.15, 0.2) is 5.11 Å². The Labute approximate surface area is 157 Å². The lowest BCUT2D eigenvalue weighted by Crippen LogP contribution is -2.40. The fourth-order valence-corrected chi connectivity index (χ4v) is 3.88. The normalized spacial score (nSPS) is 20.1. The van der Waals surface area contributed by atoms with Gasteiger partial charge in [0.1, 0.15) is 5.75 Å². The maximum Gasteiger partial charge on any atom is 0.328 e. The van der Waals surface area contributed by atoms with Crippen molar-refractivity contribution in [3.05, 3.63) is 28.7 Å². The number of nitrogens with zero attached hydrogens (tertiary/aromatic N) is 2. The van der Waals surface area contributed by atoms with E-state index in [0.29, 0.717) is 12.5 Å².